The number of imide groups is 1. The van der Waals surface area contributed by atoms with Gasteiger partial charge in [0.2, 0.25) is 0 Å². The number of amides is 3. The molecule has 5 nitrogen and oxygen atoms in total. The van der Waals surface area contributed by atoms with Crippen LogP contribution in [0, 0.1) is 0 Å². The molecule has 3 aromatic rings. The maximum atomic E-state index is 12.2. The van der Waals surface area contributed by atoms with E-state index >= 15 is 0 Å². The van der Waals surface area contributed by atoms with Gasteiger partial charge in [-0.1, -0.05) is 47.5 Å². The van der Waals surface area contributed by atoms with Crippen LogP contribution in [0.25, 0.3) is 11.1 Å². The van der Waals surface area contributed by atoms with E-state index in [4.69, 9.17) is 27.9 Å². The molecule has 0 saturated heterocycles. The Bertz CT molecular complexity index is 1020. The largest absolute Gasteiger partial charge is 0.496 e. The molecule has 0 aliphatic carbocycles. The SMILES string of the molecule is COc1cc(NC(=O)NC(=O)c2ccccc2Cl)ccc1-c1ccc(Cl)cc1. The van der Waals surface area contributed by atoms with Gasteiger partial charge in [-0.15, -0.1) is 0 Å². The summed E-state index contributed by atoms with van der Waals surface area (Å²) in [7, 11) is 1.54. The molecule has 0 aliphatic heterocycles. The lowest BCUT2D eigenvalue weighted by molar-refractivity contribution is 0.0967. The lowest BCUT2D eigenvalue weighted by Gasteiger charge is -2.12. The first-order valence-corrected chi connectivity index (χ1v) is 9.04. The highest BCUT2D eigenvalue weighted by molar-refractivity contribution is 6.34. The van der Waals surface area contributed by atoms with Crippen molar-refractivity contribution in [3.63, 3.8) is 0 Å². The number of urea groups is 1. The highest BCUT2D eigenvalue weighted by atomic mass is 35.5. The fourth-order valence-corrected chi connectivity index (χ4v) is 2.96. The number of hydrogen-bond acceptors (Lipinski definition) is 3. The molecular formula is C21H16Cl2N2O3. The third-order valence-corrected chi connectivity index (χ3v) is 4.54. The number of anilines is 1. The summed E-state index contributed by atoms with van der Waals surface area (Å²) < 4.78 is 5.43. The Morgan fingerprint density at radius 2 is 1.64 bits per heavy atom. The minimum Gasteiger partial charge on any atom is -0.496 e. The van der Waals surface area contributed by atoms with Crippen LogP contribution < -0.4 is 15.4 Å². The summed E-state index contributed by atoms with van der Waals surface area (Å²) in [6.07, 6.45) is 0. The Kier molecular flexibility index (Phi) is 6.19. The van der Waals surface area contributed by atoms with Gasteiger partial charge in [-0.2, -0.15) is 0 Å². The zero-order valence-electron chi connectivity index (χ0n) is 14.8. The maximum Gasteiger partial charge on any atom is 0.326 e. The zero-order valence-corrected chi connectivity index (χ0v) is 16.3. The van der Waals surface area contributed by atoms with E-state index in [-0.39, 0.29) is 10.6 Å². The average Bonchev–Trinajstić information content (AvgIpc) is 2.68. The monoisotopic (exact) mass is 414 g/mol. The summed E-state index contributed by atoms with van der Waals surface area (Å²) in [5, 5.41) is 5.76. The molecule has 3 aromatic carbocycles. The number of halogens is 2. The molecule has 0 bridgehead atoms. The molecule has 0 unspecified atom stereocenters. The Balaban J connectivity index is 1.73. The fourth-order valence-electron chi connectivity index (χ4n) is 2.62. The molecule has 0 saturated carbocycles. The van der Waals surface area contributed by atoms with Crippen molar-refractivity contribution in [3.8, 4) is 16.9 Å². The van der Waals surface area contributed by atoms with Gasteiger partial charge in [0.25, 0.3) is 5.91 Å². The Morgan fingerprint density at radius 3 is 2.32 bits per heavy atom. The second-order valence-electron chi connectivity index (χ2n) is 5.81. The molecule has 28 heavy (non-hydrogen) atoms. The van der Waals surface area contributed by atoms with Crippen molar-refractivity contribution in [1.82, 2.24) is 5.32 Å². The second-order valence-corrected chi connectivity index (χ2v) is 6.65. The first-order valence-electron chi connectivity index (χ1n) is 8.29. The van der Waals surface area contributed by atoms with Crippen LogP contribution in [0.15, 0.2) is 66.7 Å². The van der Waals surface area contributed by atoms with Crippen LogP contribution in [0.1, 0.15) is 10.4 Å². The van der Waals surface area contributed by atoms with Crippen molar-refractivity contribution in [2.45, 2.75) is 0 Å². The van der Waals surface area contributed by atoms with Gasteiger partial charge in [0.15, 0.2) is 0 Å². The van der Waals surface area contributed by atoms with E-state index in [2.05, 4.69) is 10.6 Å². The third kappa shape index (κ3) is 4.63. The van der Waals surface area contributed by atoms with Gasteiger partial charge in [-0.05, 0) is 42.0 Å². The van der Waals surface area contributed by atoms with Gasteiger partial charge >= 0.3 is 6.03 Å². The maximum absolute atomic E-state index is 12.2. The number of hydrogen-bond donors (Lipinski definition) is 2. The predicted octanol–water partition coefficient (Wildman–Crippen LogP) is 5.63. The van der Waals surface area contributed by atoms with E-state index in [1.165, 1.54) is 6.07 Å². The molecule has 0 heterocycles. The molecule has 7 heteroatoms. The van der Waals surface area contributed by atoms with Crippen molar-refractivity contribution < 1.29 is 14.3 Å². The smallest absolute Gasteiger partial charge is 0.326 e. The Morgan fingerprint density at radius 1 is 0.929 bits per heavy atom. The standard InChI is InChI=1S/C21H16Cl2N2O3/c1-28-19-12-15(10-11-16(19)13-6-8-14(22)9-7-13)24-21(27)25-20(26)17-4-2-3-5-18(17)23/h2-12H,1H3,(H2,24,25,26,27). The van der Waals surface area contributed by atoms with E-state index in [0.717, 1.165) is 11.1 Å². The molecule has 0 spiro atoms. The third-order valence-electron chi connectivity index (χ3n) is 3.96. The number of carbonyl (C=O) groups is 2. The van der Waals surface area contributed by atoms with Crippen LogP contribution in [-0.2, 0) is 0 Å². The highest BCUT2D eigenvalue weighted by Gasteiger charge is 2.14. The molecule has 3 amide bonds. The van der Waals surface area contributed by atoms with Crippen LogP contribution in [0.2, 0.25) is 10.0 Å². The molecule has 0 radical (unpaired) electrons. The number of rotatable bonds is 4. The van der Waals surface area contributed by atoms with Crippen LogP contribution in [0.5, 0.6) is 5.75 Å². The van der Waals surface area contributed by atoms with Gasteiger partial charge in [-0.25, -0.2) is 4.79 Å². The summed E-state index contributed by atoms with van der Waals surface area (Å²) in [5.41, 5.74) is 2.46. The summed E-state index contributed by atoms with van der Waals surface area (Å²) in [4.78, 5) is 24.3. The summed E-state index contributed by atoms with van der Waals surface area (Å²) >= 11 is 11.9. The highest BCUT2D eigenvalue weighted by Crippen LogP contribution is 2.33. The topological polar surface area (TPSA) is 67.4 Å². The first-order chi connectivity index (χ1) is 13.5. The predicted molar refractivity (Wildman–Crippen MR) is 111 cm³/mol. The second kappa shape index (κ2) is 8.78. The van der Waals surface area contributed by atoms with E-state index < -0.39 is 11.9 Å². The van der Waals surface area contributed by atoms with Gasteiger partial charge in [0, 0.05) is 22.3 Å². The summed E-state index contributed by atoms with van der Waals surface area (Å²) in [5.74, 6) is -0.0228. The number of benzene rings is 3. The normalized spacial score (nSPS) is 10.2. The van der Waals surface area contributed by atoms with Crippen LogP contribution in [0.3, 0.4) is 0 Å². The molecule has 142 valence electrons. The lowest BCUT2D eigenvalue weighted by Crippen LogP contribution is -2.34. The van der Waals surface area contributed by atoms with Gasteiger partial charge in [-0.3, -0.25) is 10.1 Å². The van der Waals surface area contributed by atoms with Gasteiger partial charge < -0.3 is 10.1 Å². The minimum absolute atomic E-state index is 0.218. The van der Waals surface area contributed by atoms with Crippen molar-refractivity contribution in [1.29, 1.82) is 0 Å². The Labute approximate surface area is 172 Å². The number of carbonyl (C=O) groups excluding carboxylic acids is 2. The van der Waals surface area contributed by atoms with Gasteiger partial charge in [0.1, 0.15) is 5.75 Å². The Hall–Kier alpha value is -3.02. The van der Waals surface area contributed by atoms with E-state index in [1.54, 1.807) is 49.6 Å². The molecule has 0 fully saturated rings. The molecular weight excluding hydrogens is 399 g/mol. The van der Waals surface area contributed by atoms with Crippen molar-refractivity contribution >= 4 is 40.8 Å². The zero-order chi connectivity index (χ0) is 20.1. The average molecular weight is 415 g/mol. The summed E-state index contributed by atoms with van der Waals surface area (Å²) in [6.45, 7) is 0. The molecule has 2 N–H and O–H groups in total. The quantitative estimate of drug-likeness (QED) is 0.580. The fraction of sp³-hybridized carbons (Fsp3) is 0.0476. The molecule has 3 rings (SSSR count). The van der Waals surface area contributed by atoms with Crippen LogP contribution >= 0.6 is 23.2 Å². The number of ether oxygens (including phenoxy) is 1. The minimum atomic E-state index is -0.675. The van der Waals surface area contributed by atoms with Crippen LogP contribution in [-0.4, -0.2) is 19.0 Å². The van der Waals surface area contributed by atoms with Crippen molar-refractivity contribution in [3.05, 3.63) is 82.3 Å². The first kappa shape index (κ1) is 19.7. The lowest BCUT2D eigenvalue weighted by atomic mass is 10.0. The number of nitrogens with one attached hydrogen (secondary N) is 2. The van der Waals surface area contributed by atoms with Crippen molar-refractivity contribution in [2.75, 3.05) is 12.4 Å². The van der Waals surface area contributed by atoms with Gasteiger partial charge in [0.05, 0.1) is 17.7 Å². The van der Waals surface area contributed by atoms with E-state index in [1.807, 2.05) is 18.2 Å². The molecule has 0 atom stereocenters. The molecule has 0 aliphatic rings. The summed E-state index contributed by atoms with van der Waals surface area (Å²) in [6, 6.07) is 18.3. The molecule has 0 aromatic heterocycles. The van der Waals surface area contributed by atoms with Crippen molar-refractivity contribution in [2.24, 2.45) is 0 Å². The van der Waals surface area contributed by atoms with E-state index in [9.17, 15) is 9.59 Å². The van der Waals surface area contributed by atoms with E-state index in [0.29, 0.717) is 16.5 Å². The number of methoxy groups -OCH3 is 1. The van der Waals surface area contributed by atoms with Crippen LogP contribution in [0.4, 0.5) is 10.5 Å².